The SMILES string of the molecule is CCC(CC1CC1)NC(=O)NC(=O)CCCl. The lowest BCUT2D eigenvalue weighted by molar-refractivity contribution is -0.119. The van der Waals surface area contributed by atoms with Gasteiger partial charge in [0.15, 0.2) is 0 Å². The summed E-state index contributed by atoms with van der Waals surface area (Å²) in [5, 5.41) is 5.08. The summed E-state index contributed by atoms with van der Waals surface area (Å²) in [7, 11) is 0. The van der Waals surface area contributed by atoms with Gasteiger partial charge in [-0.05, 0) is 18.8 Å². The number of carbonyl (C=O) groups excluding carboxylic acids is 2. The molecule has 1 saturated carbocycles. The van der Waals surface area contributed by atoms with Gasteiger partial charge in [-0.25, -0.2) is 4.79 Å². The molecule has 0 spiro atoms. The molecule has 1 fully saturated rings. The summed E-state index contributed by atoms with van der Waals surface area (Å²) in [6.07, 6.45) is 4.63. The summed E-state index contributed by atoms with van der Waals surface area (Å²) in [4.78, 5) is 22.5. The van der Waals surface area contributed by atoms with Gasteiger partial charge in [-0.3, -0.25) is 10.1 Å². The minimum atomic E-state index is -0.400. The monoisotopic (exact) mass is 246 g/mol. The van der Waals surface area contributed by atoms with E-state index in [9.17, 15) is 9.59 Å². The Morgan fingerprint density at radius 2 is 2.12 bits per heavy atom. The van der Waals surface area contributed by atoms with Crippen LogP contribution in [-0.2, 0) is 4.79 Å². The van der Waals surface area contributed by atoms with Crippen molar-refractivity contribution in [2.45, 2.75) is 45.1 Å². The van der Waals surface area contributed by atoms with Crippen molar-refractivity contribution in [1.82, 2.24) is 10.6 Å². The van der Waals surface area contributed by atoms with Crippen LogP contribution in [0.3, 0.4) is 0 Å². The molecule has 1 rings (SSSR count). The largest absolute Gasteiger partial charge is 0.335 e. The number of halogens is 1. The molecule has 0 aromatic rings. The number of rotatable bonds is 6. The fourth-order valence-electron chi connectivity index (χ4n) is 1.58. The zero-order valence-corrected chi connectivity index (χ0v) is 10.3. The lowest BCUT2D eigenvalue weighted by atomic mass is 10.1. The molecule has 16 heavy (non-hydrogen) atoms. The fourth-order valence-corrected chi connectivity index (χ4v) is 1.75. The average molecular weight is 247 g/mol. The summed E-state index contributed by atoms with van der Waals surface area (Å²) >= 11 is 5.40. The van der Waals surface area contributed by atoms with Gasteiger partial charge in [0.25, 0.3) is 0 Å². The smallest absolute Gasteiger partial charge is 0.321 e. The van der Waals surface area contributed by atoms with E-state index in [4.69, 9.17) is 11.6 Å². The van der Waals surface area contributed by atoms with Gasteiger partial charge in [-0.15, -0.1) is 11.6 Å². The third-order valence-corrected chi connectivity index (χ3v) is 2.91. The zero-order valence-electron chi connectivity index (χ0n) is 9.59. The van der Waals surface area contributed by atoms with E-state index in [2.05, 4.69) is 10.6 Å². The van der Waals surface area contributed by atoms with Gasteiger partial charge in [0.05, 0.1) is 0 Å². The molecule has 1 atom stereocenters. The van der Waals surface area contributed by atoms with Crippen LogP contribution in [0.2, 0.25) is 0 Å². The molecule has 4 nitrogen and oxygen atoms in total. The minimum absolute atomic E-state index is 0.175. The maximum Gasteiger partial charge on any atom is 0.321 e. The molecule has 1 aliphatic rings. The maximum atomic E-state index is 11.4. The Morgan fingerprint density at radius 1 is 1.44 bits per heavy atom. The molecular formula is C11H19ClN2O2. The van der Waals surface area contributed by atoms with E-state index in [1.165, 1.54) is 12.8 Å². The van der Waals surface area contributed by atoms with Crippen LogP contribution in [0.4, 0.5) is 4.79 Å². The van der Waals surface area contributed by atoms with Crippen LogP contribution < -0.4 is 10.6 Å². The van der Waals surface area contributed by atoms with Crippen molar-refractivity contribution in [3.05, 3.63) is 0 Å². The lowest BCUT2D eigenvalue weighted by Crippen LogP contribution is -2.44. The summed E-state index contributed by atoms with van der Waals surface area (Å²) in [6, 6.07) is -0.223. The normalized spacial score (nSPS) is 16.6. The Bertz CT molecular complexity index is 254. The molecule has 3 amide bonds. The number of nitrogens with one attached hydrogen (secondary N) is 2. The Labute approximate surface area is 101 Å². The van der Waals surface area contributed by atoms with Crippen molar-refractivity contribution in [2.24, 2.45) is 5.92 Å². The highest BCUT2D eigenvalue weighted by Crippen LogP contribution is 2.33. The number of imide groups is 1. The highest BCUT2D eigenvalue weighted by molar-refractivity contribution is 6.19. The van der Waals surface area contributed by atoms with Crippen molar-refractivity contribution < 1.29 is 9.59 Å². The number of carbonyl (C=O) groups is 2. The van der Waals surface area contributed by atoms with Gasteiger partial charge in [0.2, 0.25) is 5.91 Å². The number of amides is 3. The van der Waals surface area contributed by atoms with E-state index >= 15 is 0 Å². The topological polar surface area (TPSA) is 58.2 Å². The van der Waals surface area contributed by atoms with E-state index < -0.39 is 6.03 Å². The Hall–Kier alpha value is -0.770. The number of urea groups is 1. The molecule has 1 aliphatic carbocycles. The highest BCUT2D eigenvalue weighted by Gasteiger charge is 2.25. The molecule has 0 heterocycles. The summed E-state index contributed by atoms with van der Waals surface area (Å²) in [6.45, 7) is 2.04. The first-order chi connectivity index (χ1) is 7.65. The summed E-state index contributed by atoms with van der Waals surface area (Å²) in [5.41, 5.74) is 0. The molecule has 0 aromatic heterocycles. The van der Waals surface area contributed by atoms with E-state index in [1.54, 1.807) is 0 Å². The van der Waals surface area contributed by atoms with Crippen LogP contribution in [0.5, 0.6) is 0 Å². The van der Waals surface area contributed by atoms with Crippen LogP contribution in [0.1, 0.15) is 39.0 Å². The molecule has 0 aromatic carbocycles. The van der Waals surface area contributed by atoms with Crippen LogP contribution in [0.25, 0.3) is 0 Å². The van der Waals surface area contributed by atoms with Crippen LogP contribution >= 0.6 is 11.6 Å². The zero-order chi connectivity index (χ0) is 12.0. The number of hydrogen-bond donors (Lipinski definition) is 2. The first-order valence-corrected chi connectivity index (χ1v) is 6.35. The van der Waals surface area contributed by atoms with Crippen molar-refractivity contribution >= 4 is 23.5 Å². The first kappa shape index (κ1) is 13.3. The van der Waals surface area contributed by atoms with Crippen molar-refractivity contribution in [1.29, 1.82) is 0 Å². The number of alkyl halides is 1. The molecule has 5 heteroatoms. The van der Waals surface area contributed by atoms with Crippen LogP contribution in [0, 0.1) is 5.92 Å². The summed E-state index contributed by atoms with van der Waals surface area (Å²) in [5.74, 6) is 0.677. The second-order valence-corrected chi connectivity index (χ2v) is 4.62. The Kier molecular flexibility index (Phi) is 5.60. The molecule has 92 valence electrons. The third kappa shape index (κ3) is 5.35. The quantitative estimate of drug-likeness (QED) is 0.705. The van der Waals surface area contributed by atoms with E-state index in [0.29, 0.717) is 0 Å². The van der Waals surface area contributed by atoms with Crippen LogP contribution in [0.15, 0.2) is 0 Å². The molecular weight excluding hydrogens is 228 g/mol. The van der Waals surface area contributed by atoms with Gasteiger partial charge < -0.3 is 5.32 Å². The second kappa shape index (κ2) is 6.74. The van der Waals surface area contributed by atoms with Gasteiger partial charge in [-0.1, -0.05) is 19.8 Å². The van der Waals surface area contributed by atoms with Gasteiger partial charge >= 0.3 is 6.03 Å². The van der Waals surface area contributed by atoms with E-state index in [0.717, 1.165) is 18.8 Å². The molecule has 0 bridgehead atoms. The molecule has 0 aliphatic heterocycles. The predicted molar refractivity (Wildman–Crippen MR) is 63.4 cm³/mol. The maximum absolute atomic E-state index is 11.4. The molecule has 2 N–H and O–H groups in total. The van der Waals surface area contributed by atoms with E-state index in [1.807, 2.05) is 6.92 Å². The molecule has 0 radical (unpaired) electrons. The Balaban J connectivity index is 2.21. The highest BCUT2D eigenvalue weighted by atomic mass is 35.5. The minimum Gasteiger partial charge on any atom is -0.335 e. The third-order valence-electron chi connectivity index (χ3n) is 2.72. The van der Waals surface area contributed by atoms with Crippen LogP contribution in [-0.4, -0.2) is 23.9 Å². The van der Waals surface area contributed by atoms with Crippen molar-refractivity contribution in [3.63, 3.8) is 0 Å². The Morgan fingerprint density at radius 3 is 2.62 bits per heavy atom. The fraction of sp³-hybridized carbons (Fsp3) is 0.818. The summed E-state index contributed by atoms with van der Waals surface area (Å²) < 4.78 is 0. The predicted octanol–water partition coefficient (Wildman–Crippen LogP) is 2.02. The van der Waals surface area contributed by atoms with Gasteiger partial charge in [0, 0.05) is 18.3 Å². The number of hydrogen-bond acceptors (Lipinski definition) is 2. The van der Waals surface area contributed by atoms with E-state index in [-0.39, 0.29) is 24.2 Å². The standard InChI is InChI=1S/C11H19ClN2O2/c1-2-9(7-8-3-4-8)13-11(16)14-10(15)5-6-12/h8-9H,2-7H2,1H3,(H2,13,14,15,16). The average Bonchev–Trinajstić information content (AvgIpc) is 3.00. The van der Waals surface area contributed by atoms with Gasteiger partial charge in [-0.2, -0.15) is 0 Å². The van der Waals surface area contributed by atoms with Crippen molar-refractivity contribution in [3.8, 4) is 0 Å². The first-order valence-electron chi connectivity index (χ1n) is 5.82. The van der Waals surface area contributed by atoms with Gasteiger partial charge in [0.1, 0.15) is 0 Å². The lowest BCUT2D eigenvalue weighted by Gasteiger charge is -2.16. The van der Waals surface area contributed by atoms with Crippen molar-refractivity contribution in [2.75, 3.05) is 5.88 Å². The second-order valence-electron chi connectivity index (χ2n) is 4.24. The molecule has 0 saturated heterocycles. The molecule has 1 unspecified atom stereocenters.